The van der Waals surface area contributed by atoms with Crippen LogP contribution in [0.1, 0.15) is 19.4 Å². The fraction of sp³-hybridized carbons (Fsp3) is 0.450. The molecule has 0 aliphatic carbocycles. The lowest BCUT2D eigenvalue weighted by Gasteiger charge is -2.36. The second-order valence-electron chi connectivity index (χ2n) is 6.60. The Morgan fingerprint density at radius 3 is 2.39 bits per heavy atom. The van der Waals surface area contributed by atoms with E-state index in [0.717, 1.165) is 5.56 Å². The van der Waals surface area contributed by atoms with Gasteiger partial charge in [-0.15, -0.1) is 0 Å². The topological polar surface area (TPSA) is 80.5 Å². The molecular formula is C20H24N4O3S. The van der Waals surface area contributed by atoms with Crippen LogP contribution in [-0.2, 0) is 4.74 Å². The molecule has 1 aromatic heterocycles. The molecule has 148 valence electrons. The van der Waals surface area contributed by atoms with E-state index in [1.54, 1.807) is 14.2 Å². The highest BCUT2D eigenvalue weighted by molar-refractivity contribution is 7.98. The molecule has 1 fully saturated rings. The van der Waals surface area contributed by atoms with Crippen LogP contribution in [0.3, 0.4) is 0 Å². The molecular weight excluding hydrogens is 376 g/mol. The molecule has 1 aliphatic rings. The third-order valence-electron chi connectivity index (χ3n) is 4.54. The van der Waals surface area contributed by atoms with Crippen molar-refractivity contribution in [3.8, 4) is 28.8 Å². The van der Waals surface area contributed by atoms with Crippen LogP contribution in [0, 0.1) is 11.3 Å². The van der Waals surface area contributed by atoms with E-state index in [1.165, 1.54) is 11.8 Å². The van der Waals surface area contributed by atoms with Crippen molar-refractivity contribution in [1.82, 2.24) is 9.97 Å². The molecule has 28 heavy (non-hydrogen) atoms. The normalized spacial score (nSPS) is 19.2. The number of hydrogen-bond donors (Lipinski definition) is 0. The van der Waals surface area contributed by atoms with Crippen LogP contribution < -0.4 is 14.4 Å². The van der Waals surface area contributed by atoms with E-state index >= 15 is 0 Å². The first kappa shape index (κ1) is 20.2. The minimum absolute atomic E-state index is 0.0625. The van der Waals surface area contributed by atoms with Gasteiger partial charge in [-0.1, -0.05) is 11.8 Å². The van der Waals surface area contributed by atoms with Crippen LogP contribution in [0.2, 0.25) is 0 Å². The quantitative estimate of drug-likeness (QED) is 0.558. The van der Waals surface area contributed by atoms with Crippen molar-refractivity contribution in [2.45, 2.75) is 31.2 Å². The lowest BCUT2D eigenvalue weighted by molar-refractivity contribution is -0.00551. The van der Waals surface area contributed by atoms with Crippen molar-refractivity contribution in [2.24, 2.45) is 0 Å². The fourth-order valence-corrected chi connectivity index (χ4v) is 3.76. The van der Waals surface area contributed by atoms with Gasteiger partial charge in [0.05, 0.1) is 32.1 Å². The molecule has 1 saturated heterocycles. The van der Waals surface area contributed by atoms with Gasteiger partial charge in [0.2, 0.25) is 0 Å². The Kier molecular flexibility index (Phi) is 6.27. The molecule has 2 heterocycles. The Morgan fingerprint density at radius 2 is 1.82 bits per heavy atom. The number of aromatic nitrogens is 2. The van der Waals surface area contributed by atoms with Gasteiger partial charge in [0.1, 0.15) is 11.6 Å². The van der Waals surface area contributed by atoms with Gasteiger partial charge in [-0.25, -0.2) is 9.97 Å². The largest absolute Gasteiger partial charge is 0.493 e. The maximum Gasteiger partial charge on any atom is 0.189 e. The van der Waals surface area contributed by atoms with Gasteiger partial charge in [-0.3, -0.25) is 0 Å². The number of rotatable bonds is 5. The van der Waals surface area contributed by atoms with Crippen LogP contribution in [0.4, 0.5) is 5.82 Å². The maximum absolute atomic E-state index is 9.96. The molecule has 1 aromatic carbocycles. The second-order valence-corrected chi connectivity index (χ2v) is 7.37. The van der Waals surface area contributed by atoms with E-state index in [0.29, 0.717) is 46.8 Å². The van der Waals surface area contributed by atoms with Gasteiger partial charge in [-0.05, 0) is 38.3 Å². The number of thioether (sulfide) groups is 1. The molecule has 2 aromatic rings. The molecule has 8 heteroatoms. The highest BCUT2D eigenvalue weighted by Gasteiger charge is 2.28. The van der Waals surface area contributed by atoms with Gasteiger partial charge in [-0.2, -0.15) is 5.26 Å². The molecule has 2 unspecified atom stereocenters. The molecule has 0 saturated carbocycles. The summed E-state index contributed by atoms with van der Waals surface area (Å²) in [6.07, 6.45) is 2.05. The zero-order valence-corrected chi connectivity index (χ0v) is 17.5. The number of anilines is 1. The molecule has 2 atom stereocenters. The van der Waals surface area contributed by atoms with Crippen LogP contribution in [0.5, 0.6) is 11.5 Å². The zero-order chi connectivity index (χ0) is 20.3. The molecule has 7 nitrogen and oxygen atoms in total. The predicted molar refractivity (Wildman–Crippen MR) is 109 cm³/mol. The van der Waals surface area contributed by atoms with Crippen molar-refractivity contribution in [2.75, 3.05) is 38.5 Å². The Labute approximate surface area is 169 Å². The smallest absolute Gasteiger partial charge is 0.189 e. The minimum Gasteiger partial charge on any atom is -0.493 e. The van der Waals surface area contributed by atoms with Gasteiger partial charge in [0, 0.05) is 18.7 Å². The maximum atomic E-state index is 9.96. The number of hydrogen-bond acceptors (Lipinski definition) is 8. The Bertz CT molecular complexity index is 890. The van der Waals surface area contributed by atoms with Gasteiger partial charge >= 0.3 is 0 Å². The first-order chi connectivity index (χ1) is 13.5. The molecule has 0 bridgehead atoms. The SMILES string of the molecule is COc1ccc(-c2nc(SC)nc(N3CC(C)OC(C)C3)c2C#N)cc1OC. The van der Waals surface area contributed by atoms with E-state index in [-0.39, 0.29) is 12.2 Å². The average Bonchev–Trinajstić information content (AvgIpc) is 2.71. The summed E-state index contributed by atoms with van der Waals surface area (Å²) < 4.78 is 16.6. The Morgan fingerprint density at radius 1 is 1.14 bits per heavy atom. The monoisotopic (exact) mass is 400 g/mol. The summed E-state index contributed by atoms with van der Waals surface area (Å²) in [7, 11) is 3.18. The van der Waals surface area contributed by atoms with Gasteiger partial charge in [0.15, 0.2) is 22.5 Å². The van der Waals surface area contributed by atoms with Gasteiger partial charge < -0.3 is 19.1 Å². The van der Waals surface area contributed by atoms with E-state index in [9.17, 15) is 5.26 Å². The summed E-state index contributed by atoms with van der Waals surface area (Å²) in [5.41, 5.74) is 1.82. The van der Waals surface area contributed by atoms with Crippen LogP contribution in [0.25, 0.3) is 11.3 Å². The van der Waals surface area contributed by atoms with Crippen molar-refractivity contribution < 1.29 is 14.2 Å². The highest BCUT2D eigenvalue weighted by Crippen LogP contribution is 2.36. The molecule has 0 amide bonds. The Hall–Kier alpha value is -2.50. The van der Waals surface area contributed by atoms with Crippen molar-refractivity contribution >= 4 is 17.6 Å². The van der Waals surface area contributed by atoms with Crippen molar-refractivity contribution in [3.63, 3.8) is 0 Å². The Balaban J connectivity index is 2.15. The third-order valence-corrected chi connectivity index (χ3v) is 5.09. The van der Waals surface area contributed by atoms with E-state index < -0.39 is 0 Å². The minimum atomic E-state index is 0.0625. The summed E-state index contributed by atoms with van der Waals surface area (Å²) >= 11 is 1.45. The first-order valence-electron chi connectivity index (χ1n) is 8.99. The van der Waals surface area contributed by atoms with Crippen LogP contribution >= 0.6 is 11.8 Å². The van der Waals surface area contributed by atoms with Crippen LogP contribution in [-0.4, -0.2) is 55.7 Å². The van der Waals surface area contributed by atoms with E-state index in [2.05, 4.69) is 20.9 Å². The molecule has 0 N–H and O–H groups in total. The molecule has 3 rings (SSSR count). The van der Waals surface area contributed by atoms with Crippen molar-refractivity contribution in [3.05, 3.63) is 23.8 Å². The third kappa shape index (κ3) is 4.01. The summed E-state index contributed by atoms with van der Waals surface area (Å²) in [5, 5.41) is 10.6. The highest BCUT2D eigenvalue weighted by atomic mass is 32.2. The summed E-state index contributed by atoms with van der Waals surface area (Å²) in [6, 6.07) is 7.84. The van der Waals surface area contributed by atoms with Crippen LogP contribution in [0.15, 0.2) is 23.4 Å². The lowest BCUT2D eigenvalue weighted by atomic mass is 10.1. The molecule has 0 radical (unpaired) electrons. The first-order valence-corrected chi connectivity index (χ1v) is 10.2. The summed E-state index contributed by atoms with van der Waals surface area (Å²) in [5.74, 6) is 1.86. The summed E-state index contributed by atoms with van der Waals surface area (Å²) in [4.78, 5) is 11.4. The van der Waals surface area contributed by atoms with Crippen molar-refractivity contribution in [1.29, 1.82) is 5.26 Å². The van der Waals surface area contributed by atoms with E-state index in [4.69, 9.17) is 14.2 Å². The number of benzene rings is 1. The lowest BCUT2D eigenvalue weighted by Crippen LogP contribution is -2.46. The van der Waals surface area contributed by atoms with Gasteiger partial charge in [0.25, 0.3) is 0 Å². The zero-order valence-electron chi connectivity index (χ0n) is 16.7. The standard InChI is InChI=1S/C20H24N4O3S/c1-12-10-24(11-13(2)27-12)19-15(9-21)18(22-20(23-19)28-5)14-6-7-16(25-3)17(8-14)26-4/h6-8,12-13H,10-11H2,1-5H3. The fourth-order valence-electron chi connectivity index (χ4n) is 3.40. The summed E-state index contributed by atoms with van der Waals surface area (Å²) in [6.45, 7) is 5.41. The average molecular weight is 401 g/mol. The number of nitriles is 1. The number of methoxy groups -OCH3 is 2. The molecule has 0 spiro atoms. The van der Waals surface area contributed by atoms with E-state index in [1.807, 2.05) is 38.3 Å². The predicted octanol–water partition coefficient (Wildman–Crippen LogP) is 3.37. The second kappa shape index (κ2) is 8.67. The number of ether oxygens (including phenoxy) is 3. The number of morpholine rings is 1. The number of nitrogens with zero attached hydrogens (tertiary/aromatic N) is 4. The molecule has 1 aliphatic heterocycles.